The molecule has 0 radical (unpaired) electrons. The molecule has 3 nitrogen and oxygen atoms in total. The van der Waals surface area contributed by atoms with Crippen LogP contribution in [0, 0.1) is 0 Å². The van der Waals surface area contributed by atoms with E-state index in [1.54, 1.807) is 0 Å². The van der Waals surface area contributed by atoms with E-state index < -0.39 is 0 Å². The number of unbranched alkanes of at least 4 members (excludes halogenated alkanes) is 1. The van der Waals surface area contributed by atoms with Crippen LogP contribution in [0.2, 0.25) is 0 Å². The Morgan fingerprint density at radius 1 is 1.20 bits per heavy atom. The van der Waals surface area contributed by atoms with Gasteiger partial charge in [-0.25, -0.2) is 0 Å². The number of nitrogens with two attached hydrogens (primary N) is 1. The van der Waals surface area contributed by atoms with E-state index >= 15 is 0 Å². The van der Waals surface area contributed by atoms with Gasteiger partial charge in [0.2, 0.25) is 0 Å². The van der Waals surface area contributed by atoms with Gasteiger partial charge in [-0.3, -0.25) is 4.79 Å². The Labute approximate surface area is 121 Å². The minimum Gasteiger partial charge on any atom is -0.352 e. The molecular weight excluding hydrogens is 248 g/mol. The van der Waals surface area contributed by atoms with E-state index in [4.69, 9.17) is 5.73 Å². The summed E-state index contributed by atoms with van der Waals surface area (Å²) in [5.74, 6) is 0.655. The molecular formula is C17H26N2O. The van der Waals surface area contributed by atoms with Gasteiger partial charge in [0.25, 0.3) is 5.91 Å². The lowest BCUT2D eigenvalue weighted by Crippen LogP contribution is -2.26. The number of rotatable bonds is 5. The summed E-state index contributed by atoms with van der Waals surface area (Å²) in [6.07, 6.45) is 6.70. The fraction of sp³-hybridized carbons (Fsp3) is 0.588. The van der Waals surface area contributed by atoms with Crippen LogP contribution >= 0.6 is 0 Å². The number of nitrogens with one attached hydrogen (secondary N) is 1. The number of carbonyl (C=O) groups is 1. The lowest BCUT2D eigenvalue weighted by Gasteiger charge is -2.26. The molecule has 0 saturated heterocycles. The van der Waals surface area contributed by atoms with Gasteiger partial charge in [-0.05, 0) is 55.7 Å². The van der Waals surface area contributed by atoms with E-state index in [0.717, 1.165) is 37.8 Å². The van der Waals surface area contributed by atoms with E-state index in [9.17, 15) is 4.79 Å². The summed E-state index contributed by atoms with van der Waals surface area (Å²) in [7, 11) is 0. The standard InChI is InChI=1S/C17H26N2O/c1-2-3-12-19-17(20)15-6-4-13(5-7-15)14-8-10-16(18)11-9-14/h4-7,14,16H,2-3,8-12,18H2,1H3,(H,19,20). The van der Waals surface area contributed by atoms with E-state index in [0.29, 0.717) is 12.0 Å². The predicted molar refractivity (Wildman–Crippen MR) is 82.9 cm³/mol. The van der Waals surface area contributed by atoms with Crippen molar-refractivity contribution in [3.8, 4) is 0 Å². The van der Waals surface area contributed by atoms with Gasteiger partial charge >= 0.3 is 0 Å². The van der Waals surface area contributed by atoms with Crippen LogP contribution in [0.4, 0.5) is 0 Å². The number of carbonyl (C=O) groups excluding carboxylic acids is 1. The first-order valence-electron chi connectivity index (χ1n) is 7.84. The molecule has 0 unspecified atom stereocenters. The van der Waals surface area contributed by atoms with Gasteiger partial charge in [0.15, 0.2) is 0 Å². The van der Waals surface area contributed by atoms with E-state index in [2.05, 4.69) is 24.4 Å². The highest BCUT2D eigenvalue weighted by Crippen LogP contribution is 2.32. The maximum Gasteiger partial charge on any atom is 0.251 e. The summed E-state index contributed by atoms with van der Waals surface area (Å²) in [6, 6.07) is 8.50. The van der Waals surface area contributed by atoms with Crippen LogP contribution in [0.5, 0.6) is 0 Å². The fourth-order valence-corrected chi connectivity index (χ4v) is 2.84. The zero-order valence-electron chi connectivity index (χ0n) is 12.4. The van der Waals surface area contributed by atoms with Gasteiger partial charge in [-0.15, -0.1) is 0 Å². The molecule has 0 spiro atoms. The minimum atomic E-state index is 0.0377. The van der Waals surface area contributed by atoms with Crippen molar-refractivity contribution >= 4 is 5.91 Å². The Morgan fingerprint density at radius 3 is 2.45 bits per heavy atom. The van der Waals surface area contributed by atoms with Crippen molar-refractivity contribution in [1.29, 1.82) is 0 Å². The topological polar surface area (TPSA) is 55.1 Å². The quantitative estimate of drug-likeness (QED) is 0.810. The summed E-state index contributed by atoms with van der Waals surface area (Å²) in [5, 5.41) is 2.95. The second-order valence-electron chi connectivity index (χ2n) is 5.84. The molecule has 0 bridgehead atoms. The molecule has 0 atom stereocenters. The molecule has 1 fully saturated rings. The predicted octanol–water partition coefficient (Wildman–Crippen LogP) is 3.20. The van der Waals surface area contributed by atoms with Gasteiger partial charge in [-0.2, -0.15) is 0 Å². The van der Waals surface area contributed by atoms with Crippen molar-refractivity contribution in [1.82, 2.24) is 5.32 Å². The molecule has 1 aromatic carbocycles. The summed E-state index contributed by atoms with van der Waals surface area (Å²) in [6.45, 7) is 2.88. The molecule has 1 aliphatic carbocycles. The van der Waals surface area contributed by atoms with Crippen molar-refractivity contribution in [2.75, 3.05) is 6.54 Å². The molecule has 1 aromatic rings. The first-order chi connectivity index (χ1) is 9.70. The van der Waals surface area contributed by atoms with Crippen LogP contribution in [0.15, 0.2) is 24.3 Å². The normalized spacial score (nSPS) is 22.5. The van der Waals surface area contributed by atoms with Gasteiger partial charge < -0.3 is 11.1 Å². The van der Waals surface area contributed by atoms with Gasteiger partial charge in [0.05, 0.1) is 0 Å². The highest BCUT2D eigenvalue weighted by atomic mass is 16.1. The van der Waals surface area contributed by atoms with E-state index in [-0.39, 0.29) is 5.91 Å². The molecule has 1 amide bonds. The van der Waals surface area contributed by atoms with Crippen LogP contribution in [-0.4, -0.2) is 18.5 Å². The molecule has 0 aromatic heterocycles. The molecule has 0 heterocycles. The van der Waals surface area contributed by atoms with Crippen LogP contribution < -0.4 is 11.1 Å². The van der Waals surface area contributed by atoms with Gasteiger partial charge in [0.1, 0.15) is 0 Å². The van der Waals surface area contributed by atoms with Crippen molar-refractivity contribution in [3.05, 3.63) is 35.4 Å². The Kier molecular flexibility index (Phi) is 5.60. The minimum absolute atomic E-state index is 0.0377. The average Bonchev–Trinajstić information content (AvgIpc) is 2.48. The highest BCUT2D eigenvalue weighted by Gasteiger charge is 2.20. The molecule has 1 saturated carbocycles. The second kappa shape index (κ2) is 7.44. The Hall–Kier alpha value is -1.35. The summed E-state index contributed by atoms with van der Waals surface area (Å²) < 4.78 is 0. The molecule has 2 rings (SSSR count). The van der Waals surface area contributed by atoms with Crippen LogP contribution in [0.3, 0.4) is 0 Å². The first kappa shape index (κ1) is 15.0. The average molecular weight is 274 g/mol. The largest absolute Gasteiger partial charge is 0.352 e. The molecule has 20 heavy (non-hydrogen) atoms. The Balaban J connectivity index is 1.90. The number of hydrogen-bond acceptors (Lipinski definition) is 2. The zero-order valence-corrected chi connectivity index (χ0v) is 12.4. The highest BCUT2D eigenvalue weighted by molar-refractivity contribution is 5.94. The Morgan fingerprint density at radius 2 is 1.85 bits per heavy atom. The number of benzene rings is 1. The third-order valence-electron chi connectivity index (χ3n) is 4.23. The van der Waals surface area contributed by atoms with Crippen LogP contribution in [-0.2, 0) is 0 Å². The smallest absolute Gasteiger partial charge is 0.251 e. The van der Waals surface area contributed by atoms with Crippen molar-refractivity contribution in [2.45, 2.75) is 57.4 Å². The molecule has 1 aliphatic rings. The van der Waals surface area contributed by atoms with Crippen LogP contribution in [0.25, 0.3) is 0 Å². The molecule has 3 N–H and O–H groups in total. The lowest BCUT2D eigenvalue weighted by atomic mass is 9.82. The third kappa shape index (κ3) is 4.07. The summed E-state index contributed by atoms with van der Waals surface area (Å²) in [5.41, 5.74) is 8.05. The molecule has 0 aliphatic heterocycles. The van der Waals surface area contributed by atoms with Crippen LogP contribution in [0.1, 0.15) is 67.3 Å². The lowest BCUT2D eigenvalue weighted by molar-refractivity contribution is 0.0953. The number of hydrogen-bond donors (Lipinski definition) is 2. The molecule has 110 valence electrons. The third-order valence-corrected chi connectivity index (χ3v) is 4.23. The van der Waals surface area contributed by atoms with E-state index in [1.807, 2.05) is 12.1 Å². The number of amides is 1. The summed E-state index contributed by atoms with van der Waals surface area (Å²) >= 11 is 0. The fourth-order valence-electron chi connectivity index (χ4n) is 2.84. The van der Waals surface area contributed by atoms with Crippen molar-refractivity contribution in [3.63, 3.8) is 0 Å². The van der Waals surface area contributed by atoms with Gasteiger partial charge in [0, 0.05) is 18.2 Å². The zero-order chi connectivity index (χ0) is 14.4. The maximum atomic E-state index is 11.9. The van der Waals surface area contributed by atoms with Gasteiger partial charge in [-0.1, -0.05) is 25.5 Å². The second-order valence-corrected chi connectivity index (χ2v) is 5.84. The van der Waals surface area contributed by atoms with E-state index in [1.165, 1.54) is 18.4 Å². The Bertz CT molecular complexity index is 419. The SMILES string of the molecule is CCCCNC(=O)c1ccc(C2CCC(N)CC2)cc1. The molecule has 3 heteroatoms. The van der Waals surface area contributed by atoms with Crippen molar-refractivity contribution in [2.24, 2.45) is 5.73 Å². The maximum absolute atomic E-state index is 11.9. The first-order valence-corrected chi connectivity index (χ1v) is 7.84. The van der Waals surface area contributed by atoms with Crippen molar-refractivity contribution < 1.29 is 4.79 Å². The summed E-state index contributed by atoms with van der Waals surface area (Å²) in [4.78, 5) is 11.9. The monoisotopic (exact) mass is 274 g/mol.